The fraction of sp³-hybridized carbons (Fsp3) is 0.130. The molecule has 0 radical (unpaired) electrons. The first-order chi connectivity index (χ1) is 14.5. The molecule has 1 N–H and O–H groups in total. The molecule has 5 nitrogen and oxygen atoms in total. The molecule has 0 unspecified atom stereocenters. The second-order valence-electron chi connectivity index (χ2n) is 6.72. The van der Waals surface area contributed by atoms with Crippen molar-refractivity contribution in [1.82, 2.24) is 9.55 Å². The van der Waals surface area contributed by atoms with E-state index in [-0.39, 0.29) is 24.3 Å². The number of hydrogen-bond donors (Lipinski definition) is 1. The molecule has 0 fully saturated rings. The van der Waals surface area contributed by atoms with Crippen molar-refractivity contribution in [2.75, 3.05) is 0 Å². The van der Waals surface area contributed by atoms with Crippen LogP contribution in [0.15, 0.2) is 72.8 Å². The third kappa shape index (κ3) is 4.00. The standard InChI is InChI=1S/C23H18F2N2O3/c24-22(25)18-9-2-1-6-16(18)13-27-20-11-4-3-10-19(20)26-21(27)14-30-17-8-5-7-15(12-17)23(28)29/h1-12,22H,13-14H2,(H,28,29). The average Bonchev–Trinajstić information content (AvgIpc) is 3.10. The number of ether oxygens (including phenoxy) is 1. The van der Waals surface area contributed by atoms with E-state index in [1.807, 2.05) is 28.8 Å². The van der Waals surface area contributed by atoms with Crippen LogP contribution in [0.5, 0.6) is 5.75 Å². The minimum atomic E-state index is -2.57. The Balaban J connectivity index is 1.67. The molecular formula is C23H18F2N2O3. The van der Waals surface area contributed by atoms with Crippen molar-refractivity contribution < 1.29 is 23.4 Å². The van der Waals surface area contributed by atoms with Crippen LogP contribution in [-0.2, 0) is 13.2 Å². The van der Waals surface area contributed by atoms with Crippen LogP contribution in [0.1, 0.15) is 33.7 Å². The van der Waals surface area contributed by atoms with Crippen molar-refractivity contribution >= 4 is 17.0 Å². The minimum absolute atomic E-state index is 0.0173. The molecule has 4 rings (SSSR count). The summed E-state index contributed by atoms with van der Waals surface area (Å²) < 4.78 is 34.5. The van der Waals surface area contributed by atoms with Gasteiger partial charge in [0.25, 0.3) is 6.43 Å². The van der Waals surface area contributed by atoms with Crippen LogP contribution < -0.4 is 4.74 Å². The van der Waals surface area contributed by atoms with Gasteiger partial charge in [-0.1, -0.05) is 42.5 Å². The lowest BCUT2D eigenvalue weighted by Gasteiger charge is -2.13. The summed E-state index contributed by atoms with van der Waals surface area (Å²) in [5.41, 5.74) is 2.14. The van der Waals surface area contributed by atoms with Gasteiger partial charge < -0.3 is 14.4 Å². The molecule has 0 amide bonds. The van der Waals surface area contributed by atoms with Crippen LogP contribution in [0.25, 0.3) is 11.0 Å². The van der Waals surface area contributed by atoms with E-state index < -0.39 is 12.4 Å². The van der Waals surface area contributed by atoms with Crippen LogP contribution in [0.2, 0.25) is 0 Å². The SMILES string of the molecule is O=C(O)c1cccc(OCc2nc3ccccc3n2Cc2ccccc2C(F)F)c1. The lowest BCUT2D eigenvalue weighted by atomic mass is 10.1. The molecule has 4 aromatic rings. The highest BCUT2D eigenvalue weighted by Gasteiger charge is 2.16. The smallest absolute Gasteiger partial charge is 0.335 e. The Labute approximate surface area is 171 Å². The molecule has 0 aliphatic carbocycles. The molecule has 0 saturated carbocycles. The van der Waals surface area contributed by atoms with Gasteiger partial charge in [0.15, 0.2) is 0 Å². The molecule has 0 aliphatic rings. The number of benzene rings is 3. The normalized spacial score (nSPS) is 11.2. The predicted octanol–water partition coefficient (Wildman–Crippen LogP) is 5.30. The Bertz CT molecular complexity index is 1200. The van der Waals surface area contributed by atoms with Gasteiger partial charge >= 0.3 is 5.97 Å². The number of nitrogens with zero attached hydrogens (tertiary/aromatic N) is 2. The van der Waals surface area contributed by atoms with E-state index in [4.69, 9.17) is 9.84 Å². The Morgan fingerprint density at radius 1 is 1.03 bits per heavy atom. The van der Waals surface area contributed by atoms with Crippen LogP contribution in [0.4, 0.5) is 8.78 Å². The van der Waals surface area contributed by atoms with E-state index in [2.05, 4.69) is 4.98 Å². The van der Waals surface area contributed by atoms with Crippen molar-refractivity contribution in [3.63, 3.8) is 0 Å². The number of imidazole rings is 1. The van der Waals surface area contributed by atoms with Gasteiger partial charge in [0.2, 0.25) is 0 Å². The van der Waals surface area contributed by atoms with Gasteiger partial charge in [-0.25, -0.2) is 18.6 Å². The van der Waals surface area contributed by atoms with Gasteiger partial charge in [-0.05, 0) is 35.9 Å². The van der Waals surface area contributed by atoms with Crippen LogP contribution in [0.3, 0.4) is 0 Å². The van der Waals surface area contributed by atoms with E-state index in [1.165, 1.54) is 18.2 Å². The summed E-state index contributed by atoms with van der Waals surface area (Å²) in [6.45, 7) is 0.281. The fourth-order valence-electron chi connectivity index (χ4n) is 3.34. The number of fused-ring (bicyclic) bond motifs is 1. The van der Waals surface area contributed by atoms with Crippen molar-refractivity contribution in [3.05, 3.63) is 95.3 Å². The summed E-state index contributed by atoms with van der Waals surface area (Å²) in [7, 11) is 0. The van der Waals surface area contributed by atoms with Gasteiger partial charge in [0.05, 0.1) is 16.6 Å². The summed E-state index contributed by atoms with van der Waals surface area (Å²) in [5.74, 6) is -0.0984. The van der Waals surface area contributed by atoms with Crippen molar-refractivity contribution in [1.29, 1.82) is 0 Å². The number of alkyl halides is 2. The van der Waals surface area contributed by atoms with E-state index in [0.29, 0.717) is 17.1 Å². The molecule has 1 aromatic heterocycles. The monoisotopic (exact) mass is 408 g/mol. The molecule has 7 heteroatoms. The molecule has 0 aliphatic heterocycles. The summed E-state index contributed by atoms with van der Waals surface area (Å²) in [6.07, 6.45) is -2.57. The molecule has 0 bridgehead atoms. The second-order valence-corrected chi connectivity index (χ2v) is 6.72. The van der Waals surface area contributed by atoms with E-state index in [1.54, 1.807) is 30.3 Å². The van der Waals surface area contributed by atoms with Crippen molar-refractivity contribution in [2.45, 2.75) is 19.6 Å². The Morgan fingerprint density at radius 3 is 2.60 bits per heavy atom. The molecule has 3 aromatic carbocycles. The minimum Gasteiger partial charge on any atom is -0.486 e. The zero-order valence-corrected chi connectivity index (χ0v) is 15.8. The zero-order valence-electron chi connectivity index (χ0n) is 15.8. The average molecular weight is 408 g/mol. The first-order valence-electron chi connectivity index (χ1n) is 9.29. The summed E-state index contributed by atoms with van der Waals surface area (Å²) in [4.78, 5) is 15.7. The quantitative estimate of drug-likeness (QED) is 0.451. The number of halogens is 2. The Hall–Kier alpha value is -3.74. The lowest BCUT2D eigenvalue weighted by Crippen LogP contribution is -2.10. The van der Waals surface area contributed by atoms with Gasteiger partial charge in [0.1, 0.15) is 18.2 Å². The Morgan fingerprint density at radius 2 is 1.80 bits per heavy atom. The van der Waals surface area contributed by atoms with Gasteiger partial charge in [-0.3, -0.25) is 0 Å². The highest BCUT2D eigenvalue weighted by atomic mass is 19.3. The van der Waals surface area contributed by atoms with E-state index in [9.17, 15) is 13.6 Å². The fourth-order valence-corrected chi connectivity index (χ4v) is 3.34. The van der Waals surface area contributed by atoms with Crippen molar-refractivity contribution in [3.8, 4) is 5.75 Å². The first-order valence-corrected chi connectivity index (χ1v) is 9.29. The molecule has 0 atom stereocenters. The lowest BCUT2D eigenvalue weighted by molar-refractivity contribution is 0.0696. The largest absolute Gasteiger partial charge is 0.486 e. The Kier molecular flexibility index (Phi) is 5.43. The summed E-state index contributed by atoms with van der Waals surface area (Å²) in [5, 5.41) is 9.14. The third-order valence-electron chi connectivity index (χ3n) is 4.80. The number of carboxylic acids is 1. The van der Waals surface area contributed by atoms with Gasteiger partial charge in [-0.15, -0.1) is 0 Å². The molecular weight excluding hydrogens is 390 g/mol. The number of para-hydroxylation sites is 2. The number of aromatic nitrogens is 2. The maximum atomic E-state index is 13.4. The van der Waals surface area contributed by atoms with E-state index in [0.717, 1.165) is 11.0 Å². The maximum Gasteiger partial charge on any atom is 0.335 e. The molecule has 0 spiro atoms. The maximum absolute atomic E-state index is 13.4. The predicted molar refractivity (Wildman–Crippen MR) is 108 cm³/mol. The van der Waals surface area contributed by atoms with Crippen LogP contribution >= 0.6 is 0 Å². The number of hydrogen-bond acceptors (Lipinski definition) is 3. The highest BCUT2D eigenvalue weighted by molar-refractivity contribution is 5.88. The number of carbonyl (C=O) groups is 1. The number of aromatic carboxylic acids is 1. The molecule has 1 heterocycles. The molecule has 0 saturated heterocycles. The summed E-state index contributed by atoms with van der Waals surface area (Å²) >= 11 is 0. The second kappa shape index (κ2) is 8.32. The van der Waals surface area contributed by atoms with Gasteiger partial charge in [0, 0.05) is 12.1 Å². The van der Waals surface area contributed by atoms with Crippen LogP contribution in [0, 0.1) is 0 Å². The number of rotatable bonds is 7. The topological polar surface area (TPSA) is 64.3 Å². The zero-order chi connectivity index (χ0) is 21.1. The molecule has 152 valence electrons. The number of carboxylic acid groups (broad SMARTS) is 1. The molecule has 30 heavy (non-hydrogen) atoms. The van der Waals surface area contributed by atoms with E-state index >= 15 is 0 Å². The van der Waals surface area contributed by atoms with Crippen molar-refractivity contribution in [2.24, 2.45) is 0 Å². The first kappa shape index (κ1) is 19.6. The third-order valence-corrected chi connectivity index (χ3v) is 4.80. The summed E-state index contributed by atoms with van der Waals surface area (Å²) in [6, 6.07) is 20.0. The van der Waals surface area contributed by atoms with Gasteiger partial charge in [-0.2, -0.15) is 0 Å². The highest BCUT2D eigenvalue weighted by Crippen LogP contribution is 2.26. The van der Waals surface area contributed by atoms with Crippen LogP contribution in [-0.4, -0.2) is 20.6 Å².